The van der Waals surface area contributed by atoms with Gasteiger partial charge in [0.2, 0.25) is 0 Å². The maximum absolute atomic E-state index is 14.5. The largest absolute Gasteiger partial charge is 0.496 e. The molecule has 116 valence electrons. The number of hydrogen-bond acceptors (Lipinski definition) is 5. The molecule has 0 bridgehead atoms. The molecule has 2 rings (SSSR count). The van der Waals surface area contributed by atoms with Crippen LogP contribution in [-0.2, 0) is 4.74 Å². The Morgan fingerprint density at radius 3 is 2.59 bits per heavy atom. The molecule has 0 aliphatic carbocycles. The van der Waals surface area contributed by atoms with E-state index in [9.17, 15) is 9.18 Å². The summed E-state index contributed by atoms with van der Waals surface area (Å²) in [6.45, 7) is 0. The summed E-state index contributed by atoms with van der Waals surface area (Å²) in [5, 5.41) is -0.137. The lowest BCUT2D eigenvalue weighted by Gasteiger charge is -2.14. The van der Waals surface area contributed by atoms with E-state index in [1.807, 2.05) is 0 Å². The average Bonchev–Trinajstić information content (AvgIpc) is 2.52. The number of rotatable bonds is 3. The van der Waals surface area contributed by atoms with Crippen LogP contribution in [0.3, 0.4) is 0 Å². The van der Waals surface area contributed by atoms with E-state index in [4.69, 9.17) is 33.7 Å². The first-order valence-corrected chi connectivity index (χ1v) is 6.73. The predicted octanol–water partition coefficient (Wildman–Crippen LogP) is 3.57. The van der Waals surface area contributed by atoms with Gasteiger partial charge in [-0.1, -0.05) is 29.3 Å². The first-order valence-electron chi connectivity index (χ1n) is 5.98. The Hall–Kier alpha value is -2.05. The van der Waals surface area contributed by atoms with Gasteiger partial charge in [-0.2, -0.15) is 0 Å². The molecule has 0 amide bonds. The quantitative estimate of drug-likeness (QED) is 0.861. The minimum Gasteiger partial charge on any atom is -0.496 e. The summed E-state index contributed by atoms with van der Waals surface area (Å²) >= 11 is 11.9. The van der Waals surface area contributed by atoms with Crippen molar-refractivity contribution in [3.63, 3.8) is 0 Å². The molecule has 1 aromatic heterocycles. The van der Waals surface area contributed by atoms with Gasteiger partial charge in [0.15, 0.2) is 11.5 Å². The number of hydrogen-bond donors (Lipinski definition) is 1. The summed E-state index contributed by atoms with van der Waals surface area (Å²) in [6.07, 6.45) is 0. The van der Waals surface area contributed by atoms with Crippen LogP contribution in [0.25, 0.3) is 11.3 Å². The number of methoxy groups -OCH3 is 2. The number of nitrogen functional groups attached to an aromatic ring is 1. The first kappa shape index (κ1) is 16.3. The van der Waals surface area contributed by atoms with Crippen LogP contribution in [-0.4, -0.2) is 25.2 Å². The molecule has 22 heavy (non-hydrogen) atoms. The number of nitrogens with two attached hydrogens (primary N) is 1. The lowest BCUT2D eigenvalue weighted by Crippen LogP contribution is -2.10. The molecule has 0 saturated heterocycles. The van der Waals surface area contributed by atoms with Crippen LogP contribution in [0.4, 0.5) is 10.1 Å². The molecule has 0 radical (unpaired) electrons. The second-order valence-corrected chi connectivity index (χ2v) is 4.94. The van der Waals surface area contributed by atoms with E-state index in [2.05, 4.69) is 9.72 Å². The second-order valence-electron chi connectivity index (χ2n) is 4.16. The molecule has 5 nitrogen and oxygen atoms in total. The smallest absolute Gasteiger partial charge is 0.358 e. The van der Waals surface area contributed by atoms with Gasteiger partial charge in [0.1, 0.15) is 11.4 Å². The molecule has 0 atom stereocenters. The Bertz CT molecular complexity index is 753. The normalized spacial score (nSPS) is 10.4. The van der Waals surface area contributed by atoms with E-state index in [0.29, 0.717) is 0 Å². The highest BCUT2D eigenvalue weighted by molar-refractivity contribution is 6.36. The van der Waals surface area contributed by atoms with E-state index in [1.165, 1.54) is 13.2 Å². The maximum Gasteiger partial charge on any atom is 0.358 e. The van der Waals surface area contributed by atoms with Crippen molar-refractivity contribution >= 4 is 34.9 Å². The van der Waals surface area contributed by atoms with Crippen molar-refractivity contribution in [3.8, 4) is 17.0 Å². The number of esters is 1. The molecule has 1 aromatic carbocycles. The minimum absolute atomic E-state index is 0.165. The van der Waals surface area contributed by atoms with Crippen LogP contribution in [0.2, 0.25) is 10.0 Å². The number of ether oxygens (including phenoxy) is 2. The third-order valence-electron chi connectivity index (χ3n) is 2.92. The molecular formula is C14H11Cl2FN2O3. The van der Waals surface area contributed by atoms with Crippen LogP contribution in [0.15, 0.2) is 18.2 Å². The van der Waals surface area contributed by atoms with Gasteiger partial charge in [-0.25, -0.2) is 14.2 Å². The summed E-state index contributed by atoms with van der Waals surface area (Å²) < 4.78 is 24.2. The van der Waals surface area contributed by atoms with Crippen LogP contribution in [0, 0.1) is 5.82 Å². The third kappa shape index (κ3) is 2.67. The Morgan fingerprint density at radius 1 is 1.32 bits per heavy atom. The zero-order chi connectivity index (χ0) is 16.4. The van der Waals surface area contributed by atoms with Crippen LogP contribution >= 0.6 is 23.2 Å². The Kier molecular flexibility index (Phi) is 4.73. The van der Waals surface area contributed by atoms with Crippen molar-refractivity contribution in [2.45, 2.75) is 0 Å². The van der Waals surface area contributed by atoms with Gasteiger partial charge < -0.3 is 15.2 Å². The summed E-state index contributed by atoms with van der Waals surface area (Å²) in [5.41, 5.74) is 4.81. The number of carbonyl (C=O) groups excluding carboxylic acids is 1. The van der Waals surface area contributed by atoms with Crippen molar-refractivity contribution in [2.75, 3.05) is 20.0 Å². The maximum atomic E-state index is 14.5. The number of benzene rings is 1. The summed E-state index contributed by atoms with van der Waals surface area (Å²) in [6, 6.07) is 4.73. The molecule has 2 aromatic rings. The lowest BCUT2D eigenvalue weighted by molar-refractivity contribution is 0.0594. The number of halogens is 3. The fourth-order valence-electron chi connectivity index (χ4n) is 1.86. The predicted molar refractivity (Wildman–Crippen MR) is 82.0 cm³/mol. The minimum atomic E-state index is -0.899. The van der Waals surface area contributed by atoms with Gasteiger partial charge in [-0.05, 0) is 12.1 Å². The van der Waals surface area contributed by atoms with Gasteiger partial charge in [0.25, 0.3) is 0 Å². The van der Waals surface area contributed by atoms with Crippen molar-refractivity contribution in [1.82, 2.24) is 4.98 Å². The SMILES string of the molecule is COC(=O)c1nc(-c2c(Cl)cccc2OC)c(F)c(N)c1Cl. The molecule has 0 spiro atoms. The monoisotopic (exact) mass is 344 g/mol. The van der Waals surface area contributed by atoms with E-state index >= 15 is 0 Å². The molecular weight excluding hydrogens is 334 g/mol. The van der Waals surface area contributed by atoms with E-state index in [0.717, 1.165) is 7.11 Å². The fourth-order valence-corrected chi connectivity index (χ4v) is 2.32. The van der Waals surface area contributed by atoms with Gasteiger partial charge in [-0.3, -0.25) is 0 Å². The zero-order valence-corrected chi connectivity index (χ0v) is 13.1. The second kappa shape index (κ2) is 6.37. The molecule has 2 N–H and O–H groups in total. The average molecular weight is 345 g/mol. The van der Waals surface area contributed by atoms with Gasteiger partial charge >= 0.3 is 5.97 Å². The van der Waals surface area contributed by atoms with Gasteiger partial charge in [-0.15, -0.1) is 0 Å². The highest BCUT2D eigenvalue weighted by atomic mass is 35.5. The van der Waals surface area contributed by atoms with Gasteiger partial charge in [0, 0.05) is 0 Å². The lowest BCUT2D eigenvalue weighted by atomic mass is 10.1. The molecule has 0 fully saturated rings. The van der Waals surface area contributed by atoms with Gasteiger partial charge in [0.05, 0.1) is 35.5 Å². The van der Waals surface area contributed by atoms with E-state index in [-0.39, 0.29) is 32.7 Å². The summed E-state index contributed by atoms with van der Waals surface area (Å²) in [4.78, 5) is 15.6. The van der Waals surface area contributed by atoms with Crippen molar-refractivity contribution < 1.29 is 18.7 Å². The summed E-state index contributed by atoms with van der Waals surface area (Å²) in [7, 11) is 2.54. The topological polar surface area (TPSA) is 74.4 Å². The Balaban J connectivity index is 2.82. The van der Waals surface area contributed by atoms with Crippen LogP contribution < -0.4 is 10.5 Å². The fraction of sp³-hybridized carbons (Fsp3) is 0.143. The highest BCUT2D eigenvalue weighted by Crippen LogP contribution is 2.40. The molecule has 0 saturated carbocycles. The van der Waals surface area contributed by atoms with Crippen LogP contribution in [0.5, 0.6) is 5.75 Å². The Morgan fingerprint density at radius 2 is 2.00 bits per heavy atom. The number of aromatic nitrogens is 1. The van der Waals surface area contributed by atoms with Crippen LogP contribution in [0.1, 0.15) is 10.5 Å². The first-order chi connectivity index (χ1) is 10.4. The number of carbonyl (C=O) groups is 1. The standard InChI is InChI=1S/C14H11Cl2FN2O3/c1-21-7-5-3-4-6(15)8(7)12-10(17)11(18)9(16)13(19-12)14(20)22-2/h3-5H,1-2H3,(H2,18,19). The van der Waals surface area contributed by atoms with Crippen molar-refractivity contribution in [3.05, 3.63) is 39.8 Å². The molecule has 0 aliphatic rings. The zero-order valence-electron chi connectivity index (χ0n) is 11.6. The molecule has 8 heteroatoms. The third-order valence-corrected chi connectivity index (χ3v) is 3.62. The summed E-state index contributed by atoms with van der Waals surface area (Å²) in [5.74, 6) is -1.47. The number of pyridine rings is 1. The molecule has 1 heterocycles. The molecule has 0 aliphatic heterocycles. The van der Waals surface area contributed by atoms with Crippen molar-refractivity contribution in [2.24, 2.45) is 0 Å². The van der Waals surface area contributed by atoms with Crippen molar-refractivity contribution in [1.29, 1.82) is 0 Å². The number of anilines is 1. The highest BCUT2D eigenvalue weighted by Gasteiger charge is 2.25. The van der Waals surface area contributed by atoms with E-state index < -0.39 is 17.5 Å². The number of nitrogens with zero attached hydrogens (tertiary/aromatic N) is 1. The Labute approximate surface area is 135 Å². The molecule has 0 unspecified atom stereocenters. The van der Waals surface area contributed by atoms with E-state index in [1.54, 1.807) is 12.1 Å².